The van der Waals surface area contributed by atoms with Crippen molar-refractivity contribution in [2.75, 3.05) is 5.32 Å². The lowest BCUT2D eigenvalue weighted by atomic mass is 10.1. The van der Waals surface area contributed by atoms with E-state index in [0.717, 1.165) is 0 Å². The average Bonchev–Trinajstić information content (AvgIpc) is 2.39. The largest absolute Gasteiger partial charge is 0.378 e. The summed E-state index contributed by atoms with van der Waals surface area (Å²) in [4.78, 5) is 10.5. The van der Waals surface area contributed by atoms with E-state index < -0.39 is 10.7 Å². The molecule has 2 aromatic rings. The number of halogens is 3. The smallest absolute Gasteiger partial charge is 0.274 e. The maximum absolute atomic E-state index is 13.5. The molecule has 4 nitrogen and oxygen atoms in total. The SMILES string of the molecule is O=[N+]([O-])c1ccc(Br)cc1CNc1cc(Cl)ccc1F. The van der Waals surface area contributed by atoms with E-state index in [0.29, 0.717) is 15.1 Å². The van der Waals surface area contributed by atoms with Gasteiger partial charge in [0.15, 0.2) is 0 Å². The van der Waals surface area contributed by atoms with Gasteiger partial charge < -0.3 is 5.32 Å². The minimum atomic E-state index is -0.474. The number of nitro benzene ring substituents is 1. The first-order valence-electron chi connectivity index (χ1n) is 5.59. The number of nitrogens with zero attached hydrogens (tertiary/aromatic N) is 1. The van der Waals surface area contributed by atoms with Gasteiger partial charge in [-0.3, -0.25) is 10.1 Å². The second-order valence-electron chi connectivity index (χ2n) is 4.01. The molecule has 0 saturated carbocycles. The van der Waals surface area contributed by atoms with Crippen LogP contribution in [0.15, 0.2) is 40.9 Å². The van der Waals surface area contributed by atoms with Crippen molar-refractivity contribution in [2.45, 2.75) is 6.54 Å². The van der Waals surface area contributed by atoms with E-state index in [2.05, 4.69) is 21.2 Å². The Morgan fingerprint density at radius 3 is 2.75 bits per heavy atom. The Hall–Kier alpha value is -1.66. The van der Waals surface area contributed by atoms with Crippen molar-refractivity contribution < 1.29 is 9.31 Å². The molecular formula is C13H9BrClFN2O2. The number of benzene rings is 2. The van der Waals surface area contributed by atoms with Crippen LogP contribution in [0.1, 0.15) is 5.56 Å². The Balaban J connectivity index is 2.24. The van der Waals surface area contributed by atoms with Gasteiger partial charge in [0.05, 0.1) is 10.6 Å². The van der Waals surface area contributed by atoms with Gasteiger partial charge in [-0.25, -0.2) is 4.39 Å². The summed E-state index contributed by atoms with van der Waals surface area (Å²) in [6.45, 7) is 0.118. The zero-order valence-electron chi connectivity index (χ0n) is 10.1. The van der Waals surface area contributed by atoms with Crippen LogP contribution in [0.25, 0.3) is 0 Å². The molecule has 2 rings (SSSR count). The third-order valence-electron chi connectivity index (χ3n) is 2.64. The van der Waals surface area contributed by atoms with Crippen LogP contribution in [0.4, 0.5) is 15.8 Å². The van der Waals surface area contributed by atoms with E-state index >= 15 is 0 Å². The van der Waals surface area contributed by atoms with Crippen molar-refractivity contribution in [1.29, 1.82) is 0 Å². The summed E-state index contributed by atoms with van der Waals surface area (Å²) in [7, 11) is 0. The highest BCUT2D eigenvalue weighted by atomic mass is 79.9. The molecule has 0 radical (unpaired) electrons. The molecule has 0 unspecified atom stereocenters. The molecule has 7 heteroatoms. The van der Waals surface area contributed by atoms with E-state index in [4.69, 9.17) is 11.6 Å². The normalized spacial score (nSPS) is 10.3. The van der Waals surface area contributed by atoms with Crippen LogP contribution in [-0.4, -0.2) is 4.92 Å². The van der Waals surface area contributed by atoms with Crippen molar-refractivity contribution in [1.82, 2.24) is 0 Å². The summed E-state index contributed by atoms with van der Waals surface area (Å²) in [5.74, 6) is -0.466. The van der Waals surface area contributed by atoms with Gasteiger partial charge in [-0.2, -0.15) is 0 Å². The number of nitrogens with one attached hydrogen (secondary N) is 1. The predicted octanol–water partition coefficient (Wildman–Crippen LogP) is 4.76. The molecule has 0 fully saturated rings. The Bertz CT molecular complexity index is 667. The van der Waals surface area contributed by atoms with Crippen molar-refractivity contribution in [3.63, 3.8) is 0 Å². The van der Waals surface area contributed by atoms with E-state index in [1.165, 1.54) is 24.3 Å². The van der Waals surface area contributed by atoms with Crippen LogP contribution < -0.4 is 5.32 Å². The summed E-state index contributed by atoms with van der Waals surface area (Å²) in [6, 6.07) is 8.70. The summed E-state index contributed by atoms with van der Waals surface area (Å²) in [5, 5.41) is 14.1. The lowest BCUT2D eigenvalue weighted by Gasteiger charge is -2.09. The van der Waals surface area contributed by atoms with Gasteiger partial charge in [-0.15, -0.1) is 0 Å². The molecule has 0 bridgehead atoms. The number of hydrogen-bond acceptors (Lipinski definition) is 3. The molecule has 0 saturated heterocycles. The first-order valence-corrected chi connectivity index (χ1v) is 6.76. The molecule has 0 aromatic heterocycles. The second kappa shape index (κ2) is 6.19. The monoisotopic (exact) mass is 358 g/mol. The van der Waals surface area contributed by atoms with Crippen molar-refractivity contribution >= 4 is 38.9 Å². The maximum atomic E-state index is 13.5. The third-order valence-corrected chi connectivity index (χ3v) is 3.36. The zero-order chi connectivity index (χ0) is 14.7. The molecule has 0 spiro atoms. The highest BCUT2D eigenvalue weighted by Gasteiger charge is 2.14. The average molecular weight is 360 g/mol. The van der Waals surface area contributed by atoms with Gasteiger partial charge in [-0.1, -0.05) is 27.5 Å². The van der Waals surface area contributed by atoms with Crippen LogP contribution in [0.2, 0.25) is 5.02 Å². The van der Waals surface area contributed by atoms with Gasteiger partial charge in [-0.05, 0) is 30.3 Å². The standard InChI is InChI=1S/C13H9BrClFN2O2/c14-9-1-4-13(18(19)20)8(5-9)7-17-12-6-10(15)2-3-11(12)16/h1-6,17H,7H2. The first-order chi connectivity index (χ1) is 9.47. The zero-order valence-corrected chi connectivity index (χ0v) is 12.4. The van der Waals surface area contributed by atoms with E-state index in [1.54, 1.807) is 12.1 Å². The quantitative estimate of drug-likeness (QED) is 0.632. The second-order valence-corrected chi connectivity index (χ2v) is 5.36. The highest BCUT2D eigenvalue weighted by molar-refractivity contribution is 9.10. The lowest BCUT2D eigenvalue weighted by molar-refractivity contribution is -0.385. The molecule has 0 heterocycles. The van der Waals surface area contributed by atoms with Crippen LogP contribution in [0.5, 0.6) is 0 Å². The van der Waals surface area contributed by atoms with Crippen LogP contribution >= 0.6 is 27.5 Å². The minimum Gasteiger partial charge on any atom is -0.378 e. The topological polar surface area (TPSA) is 55.2 Å². The molecule has 0 aliphatic heterocycles. The Morgan fingerprint density at radius 2 is 2.05 bits per heavy atom. The summed E-state index contributed by atoms with van der Waals surface area (Å²) >= 11 is 9.04. The van der Waals surface area contributed by atoms with Crippen LogP contribution in [-0.2, 0) is 6.54 Å². The van der Waals surface area contributed by atoms with E-state index in [1.807, 2.05) is 0 Å². The van der Waals surface area contributed by atoms with Crippen molar-refractivity contribution in [3.05, 3.63) is 67.4 Å². The third kappa shape index (κ3) is 3.46. The molecule has 1 N–H and O–H groups in total. The van der Waals surface area contributed by atoms with E-state index in [9.17, 15) is 14.5 Å². The fourth-order valence-electron chi connectivity index (χ4n) is 1.70. The number of nitro groups is 1. The lowest BCUT2D eigenvalue weighted by Crippen LogP contribution is -2.04. The molecule has 2 aromatic carbocycles. The molecule has 0 aliphatic carbocycles. The van der Waals surface area contributed by atoms with E-state index in [-0.39, 0.29) is 17.9 Å². The Labute approximate surface area is 127 Å². The molecule has 0 aliphatic rings. The van der Waals surface area contributed by atoms with Crippen LogP contribution in [0, 0.1) is 15.9 Å². The van der Waals surface area contributed by atoms with Crippen molar-refractivity contribution in [2.24, 2.45) is 0 Å². The summed E-state index contributed by atoms with van der Waals surface area (Å²) < 4.78 is 14.3. The Kier molecular flexibility index (Phi) is 4.57. The minimum absolute atomic E-state index is 0.0249. The predicted molar refractivity (Wildman–Crippen MR) is 79.5 cm³/mol. The van der Waals surface area contributed by atoms with Crippen LogP contribution in [0.3, 0.4) is 0 Å². The van der Waals surface area contributed by atoms with Gasteiger partial charge >= 0.3 is 0 Å². The van der Waals surface area contributed by atoms with Crippen molar-refractivity contribution in [3.8, 4) is 0 Å². The Morgan fingerprint density at radius 1 is 1.30 bits per heavy atom. The van der Waals surface area contributed by atoms with Gasteiger partial charge in [0.1, 0.15) is 5.82 Å². The maximum Gasteiger partial charge on any atom is 0.274 e. The summed E-state index contributed by atoms with van der Waals surface area (Å²) in [6.07, 6.45) is 0. The number of hydrogen-bond donors (Lipinski definition) is 1. The van der Waals surface area contributed by atoms with Gasteiger partial charge in [0.25, 0.3) is 5.69 Å². The first kappa shape index (κ1) is 14.7. The molecule has 104 valence electrons. The molecule has 0 atom stereocenters. The fourth-order valence-corrected chi connectivity index (χ4v) is 2.28. The summed E-state index contributed by atoms with van der Waals surface area (Å²) in [5.41, 5.74) is 0.624. The van der Waals surface area contributed by atoms with Gasteiger partial charge in [0.2, 0.25) is 0 Å². The van der Waals surface area contributed by atoms with Gasteiger partial charge in [0, 0.05) is 27.7 Å². The molecule has 20 heavy (non-hydrogen) atoms. The highest BCUT2D eigenvalue weighted by Crippen LogP contribution is 2.25. The molecule has 0 amide bonds. The number of anilines is 1. The molecular weight excluding hydrogens is 351 g/mol. The number of rotatable bonds is 4. The fraction of sp³-hybridized carbons (Fsp3) is 0.0769.